The van der Waals surface area contributed by atoms with Crippen molar-refractivity contribution in [2.45, 2.75) is 27.7 Å². The maximum Gasteiger partial charge on any atom is 0.0849 e. The summed E-state index contributed by atoms with van der Waals surface area (Å²) < 4.78 is 0. The molecule has 2 nitrogen and oxygen atoms in total. The highest BCUT2D eigenvalue weighted by Gasteiger charge is 2.03. The maximum absolute atomic E-state index is 3.47. The molecule has 19 heavy (non-hydrogen) atoms. The van der Waals surface area contributed by atoms with Gasteiger partial charge in [-0.2, -0.15) is 0 Å². The molecule has 2 N–H and O–H groups in total. The number of benzene rings is 2. The van der Waals surface area contributed by atoms with Crippen LogP contribution >= 0.6 is 0 Å². The van der Waals surface area contributed by atoms with E-state index in [9.17, 15) is 0 Å². The SMILES string of the molecule is Cc1cccc(C)c1NCNc1c(C)cccc1C. The summed E-state index contributed by atoms with van der Waals surface area (Å²) in [7, 11) is 0. The van der Waals surface area contributed by atoms with Crippen molar-refractivity contribution in [2.75, 3.05) is 17.3 Å². The summed E-state index contributed by atoms with van der Waals surface area (Å²) in [6, 6.07) is 12.7. The lowest BCUT2D eigenvalue weighted by Crippen LogP contribution is -2.14. The Morgan fingerprint density at radius 2 is 0.947 bits per heavy atom. The quantitative estimate of drug-likeness (QED) is 0.790. The number of nitrogens with one attached hydrogen (secondary N) is 2. The highest BCUT2D eigenvalue weighted by Crippen LogP contribution is 2.21. The number of hydrogen-bond acceptors (Lipinski definition) is 2. The predicted molar refractivity (Wildman–Crippen MR) is 83.9 cm³/mol. The molecular weight excluding hydrogens is 232 g/mol. The zero-order valence-electron chi connectivity index (χ0n) is 12.2. The van der Waals surface area contributed by atoms with Crippen molar-refractivity contribution in [1.82, 2.24) is 0 Å². The molecule has 0 radical (unpaired) electrons. The summed E-state index contributed by atoms with van der Waals surface area (Å²) in [5.74, 6) is 0. The molecule has 0 spiro atoms. The molecule has 0 amide bonds. The van der Waals surface area contributed by atoms with Gasteiger partial charge in [-0.05, 0) is 49.9 Å². The van der Waals surface area contributed by atoms with E-state index in [4.69, 9.17) is 0 Å². The fraction of sp³-hybridized carbons (Fsp3) is 0.294. The van der Waals surface area contributed by atoms with Gasteiger partial charge in [-0.25, -0.2) is 0 Å². The summed E-state index contributed by atoms with van der Waals surface area (Å²) in [6.45, 7) is 9.27. The largest absolute Gasteiger partial charge is 0.368 e. The van der Waals surface area contributed by atoms with Crippen LogP contribution in [0.5, 0.6) is 0 Å². The number of rotatable bonds is 4. The molecule has 0 unspecified atom stereocenters. The number of para-hydroxylation sites is 2. The standard InChI is InChI=1S/C17H22N2/c1-12-7-5-8-13(2)16(12)18-11-19-17-14(3)9-6-10-15(17)4/h5-10,18-19H,11H2,1-4H3. The fourth-order valence-electron chi connectivity index (χ4n) is 2.41. The molecule has 0 aliphatic rings. The second kappa shape index (κ2) is 5.79. The molecule has 0 saturated carbocycles. The van der Waals surface area contributed by atoms with E-state index in [0.29, 0.717) is 0 Å². The first-order valence-corrected chi connectivity index (χ1v) is 6.70. The van der Waals surface area contributed by atoms with E-state index in [0.717, 1.165) is 6.67 Å². The van der Waals surface area contributed by atoms with Crippen LogP contribution in [-0.4, -0.2) is 6.67 Å². The third-order valence-corrected chi connectivity index (χ3v) is 3.49. The van der Waals surface area contributed by atoms with Crippen molar-refractivity contribution in [3.63, 3.8) is 0 Å². The van der Waals surface area contributed by atoms with Crippen LogP contribution in [0.4, 0.5) is 11.4 Å². The molecule has 0 aromatic heterocycles. The molecule has 2 rings (SSSR count). The van der Waals surface area contributed by atoms with Crippen molar-refractivity contribution < 1.29 is 0 Å². The third kappa shape index (κ3) is 3.08. The van der Waals surface area contributed by atoms with Crippen LogP contribution in [0.3, 0.4) is 0 Å². The Labute approximate surface area is 115 Å². The highest BCUT2D eigenvalue weighted by molar-refractivity contribution is 5.60. The molecule has 2 aromatic rings. The minimum atomic E-state index is 0.734. The van der Waals surface area contributed by atoms with Crippen molar-refractivity contribution in [3.8, 4) is 0 Å². The Kier molecular flexibility index (Phi) is 4.10. The van der Waals surface area contributed by atoms with Gasteiger partial charge in [-0.3, -0.25) is 0 Å². The third-order valence-electron chi connectivity index (χ3n) is 3.49. The normalized spacial score (nSPS) is 10.3. The first-order valence-electron chi connectivity index (χ1n) is 6.70. The van der Waals surface area contributed by atoms with Gasteiger partial charge < -0.3 is 10.6 Å². The lowest BCUT2D eigenvalue weighted by atomic mass is 10.1. The van der Waals surface area contributed by atoms with Crippen LogP contribution in [0.2, 0.25) is 0 Å². The molecule has 100 valence electrons. The van der Waals surface area contributed by atoms with Crippen molar-refractivity contribution in [1.29, 1.82) is 0 Å². The molecule has 0 atom stereocenters. The van der Waals surface area contributed by atoms with Crippen molar-refractivity contribution >= 4 is 11.4 Å². The average Bonchev–Trinajstić information content (AvgIpc) is 2.36. The Balaban J connectivity index is 2.05. The molecule has 0 fully saturated rings. The average molecular weight is 254 g/mol. The Hall–Kier alpha value is -1.96. The van der Waals surface area contributed by atoms with Crippen molar-refractivity contribution in [2.24, 2.45) is 0 Å². The molecule has 2 heteroatoms. The lowest BCUT2D eigenvalue weighted by Gasteiger charge is -2.16. The number of hydrogen-bond donors (Lipinski definition) is 2. The second-order valence-corrected chi connectivity index (χ2v) is 5.06. The van der Waals surface area contributed by atoms with Crippen LogP contribution in [0.15, 0.2) is 36.4 Å². The minimum absolute atomic E-state index is 0.734. The van der Waals surface area contributed by atoms with Gasteiger partial charge >= 0.3 is 0 Å². The van der Waals surface area contributed by atoms with Gasteiger partial charge in [0.25, 0.3) is 0 Å². The Bertz CT molecular complexity index is 481. The van der Waals surface area contributed by atoms with E-state index in [1.165, 1.54) is 33.6 Å². The second-order valence-electron chi connectivity index (χ2n) is 5.06. The van der Waals surface area contributed by atoms with Crippen molar-refractivity contribution in [3.05, 3.63) is 58.7 Å². The molecule has 0 bridgehead atoms. The van der Waals surface area contributed by atoms with E-state index < -0.39 is 0 Å². The molecule has 0 saturated heterocycles. The predicted octanol–water partition coefficient (Wildman–Crippen LogP) is 4.40. The van der Waals surface area contributed by atoms with Gasteiger partial charge in [0.1, 0.15) is 0 Å². The van der Waals surface area contributed by atoms with Gasteiger partial charge in [0.2, 0.25) is 0 Å². The first-order chi connectivity index (χ1) is 9.09. The van der Waals surface area contributed by atoms with E-state index in [2.05, 4.69) is 74.7 Å². The van der Waals surface area contributed by atoms with Gasteiger partial charge in [0.15, 0.2) is 0 Å². The van der Waals surface area contributed by atoms with Gasteiger partial charge in [0, 0.05) is 11.4 Å². The van der Waals surface area contributed by atoms with Crippen LogP contribution in [0.25, 0.3) is 0 Å². The van der Waals surface area contributed by atoms with Gasteiger partial charge in [0.05, 0.1) is 6.67 Å². The molecular formula is C17H22N2. The number of aryl methyl sites for hydroxylation is 4. The van der Waals surface area contributed by atoms with Crippen LogP contribution < -0.4 is 10.6 Å². The van der Waals surface area contributed by atoms with E-state index >= 15 is 0 Å². The topological polar surface area (TPSA) is 24.1 Å². The summed E-state index contributed by atoms with van der Waals surface area (Å²) in [4.78, 5) is 0. The van der Waals surface area contributed by atoms with Crippen LogP contribution in [0.1, 0.15) is 22.3 Å². The maximum atomic E-state index is 3.47. The Morgan fingerprint density at radius 1 is 0.632 bits per heavy atom. The van der Waals surface area contributed by atoms with Crippen LogP contribution in [0, 0.1) is 27.7 Å². The zero-order valence-corrected chi connectivity index (χ0v) is 12.2. The zero-order chi connectivity index (χ0) is 13.8. The highest BCUT2D eigenvalue weighted by atomic mass is 15.1. The summed E-state index contributed by atoms with van der Waals surface area (Å²) in [6.07, 6.45) is 0. The minimum Gasteiger partial charge on any atom is -0.368 e. The summed E-state index contributed by atoms with van der Waals surface area (Å²) >= 11 is 0. The summed E-state index contributed by atoms with van der Waals surface area (Å²) in [5.41, 5.74) is 7.57. The molecule has 0 heterocycles. The fourth-order valence-corrected chi connectivity index (χ4v) is 2.41. The molecule has 2 aromatic carbocycles. The monoisotopic (exact) mass is 254 g/mol. The van der Waals surface area contributed by atoms with Gasteiger partial charge in [-0.1, -0.05) is 36.4 Å². The Morgan fingerprint density at radius 3 is 1.26 bits per heavy atom. The van der Waals surface area contributed by atoms with E-state index in [-0.39, 0.29) is 0 Å². The summed E-state index contributed by atoms with van der Waals surface area (Å²) in [5, 5.41) is 6.95. The molecule has 0 aliphatic heterocycles. The van der Waals surface area contributed by atoms with Crippen LogP contribution in [-0.2, 0) is 0 Å². The smallest absolute Gasteiger partial charge is 0.0849 e. The first kappa shape index (κ1) is 13.5. The number of anilines is 2. The lowest BCUT2D eigenvalue weighted by molar-refractivity contribution is 1.17. The molecule has 0 aliphatic carbocycles. The van der Waals surface area contributed by atoms with E-state index in [1.807, 2.05) is 0 Å². The van der Waals surface area contributed by atoms with Gasteiger partial charge in [-0.15, -0.1) is 0 Å². The van der Waals surface area contributed by atoms with E-state index in [1.54, 1.807) is 0 Å².